The molecule has 0 spiro atoms. The molecule has 34 heavy (non-hydrogen) atoms. The second-order valence-electron chi connectivity index (χ2n) is 9.89. The Morgan fingerprint density at radius 3 is 2.32 bits per heavy atom. The zero-order valence-corrected chi connectivity index (χ0v) is 20.6. The van der Waals surface area contributed by atoms with E-state index in [-0.39, 0.29) is 5.91 Å². The number of hydrogen-bond donors (Lipinski definition) is 1. The first-order chi connectivity index (χ1) is 16.6. The summed E-state index contributed by atoms with van der Waals surface area (Å²) in [5.74, 6) is -0.129. The second kappa shape index (κ2) is 10.1. The molecule has 2 fully saturated rings. The van der Waals surface area contributed by atoms with Gasteiger partial charge in [-0.15, -0.1) is 0 Å². The lowest BCUT2D eigenvalue weighted by atomic mass is 9.83. The van der Waals surface area contributed by atoms with Crippen LogP contribution in [0.4, 0.5) is 11.4 Å². The lowest BCUT2D eigenvalue weighted by Gasteiger charge is -2.48. The van der Waals surface area contributed by atoms with Gasteiger partial charge in [0.1, 0.15) is 5.54 Å². The number of halogens is 1. The van der Waals surface area contributed by atoms with Crippen LogP contribution in [0.2, 0.25) is 5.02 Å². The molecule has 0 unspecified atom stereocenters. The average Bonchev–Trinajstić information content (AvgIpc) is 3.02. The maximum absolute atomic E-state index is 12.5. The number of fused-ring (bicyclic) bond motifs is 2. The van der Waals surface area contributed by atoms with E-state index in [0.717, 1.165) is 69.2 Å². The van der Waals surface area contributed by atoms with Gasteiger partial charge in [-0.3, -0.25) is 9.69 Å². The molecule has 5 rings (SSSR count). The van der Waals surface area contributed by atoms with Gasteiger partial charge < -0.3 is 15.5 Å². The van der Waals surface area contributed by atoms with Gasteiger partial charge in [0.2, 0.25) is 5.91 Å². The average molecular weight is 479 g/mol. The van der Waals surface area contributed by atoms with Crippen LogP contribution in [0.15, 0.2) is 42.5 Å². The summed E-state index contributed by atoms with van der Waals surface area (Å²) >= 11 is 6.39. The molecule has 1 amide bonds. The minimum absolute atomic E-state index is 0.129. The van der Waals surface area contributed by atoms with E-state index < -0.39 is 5.54 Å². The van der Waals surface area contributed by atoms with E-state index in [1.54, 1.807) is 0 Å². The molecule has 0 radical (unpaired) electrons. The van der Waals surface area contributed by atoms with E-state index in [0.29, 0.717) is 0 Å². The standard InChI is InChI=1S/C28H35ClN4O/c29-24-12-11-23-10-9-22-7-2-3-8-25(22)33(26(23)21-24)18-6-15-31-19-13-28(14-20-31,27(30)34)32-16-4-1-5-17-32/h2-3,7-12,21H,1,4-6,13-20H2,(H2,30,34). The second-order valence-corrected chi connectivity index (χ2v) is 10.3. The summed E-state index contributed by atoms with van der Waals surface area (Å²) in [5, 5.41) is 0.757. The van der Waals surface area contributed by atoms with Gasteiger partial charge >= 0.3 is 0 Å². The van der Waals surface area contributed by atoms with Crippen molar-refractivity contribution >= 4 is 41.0 Å². The van der Waals surface area contributed by atoms with Crippen LogP contribution in [0, 0.1) is 0 Å². The Kier molecular flexibility index (Phi) is 6.96. The molecule has 0 atom stereocenters. The molecule has 2 N–H and O–H groups in total. The summed E-state index contributed by atoms with van der Waals surface area (Å²) in [4.78, 5) is 19.8. The molecule has 0 aromatic heterocycles. The van der Waals surface area contributed by atoms with Gasteiger partial charge in [0.25, 0.3) is 0 Å². The Balaban J connectivity index is 1.25. The molecule has 2 aromatic rings. The molecule has 3 aliphatic heterocycles. The van der Waals surface area contributed by atoms with Crippen molar-refractivity contribution in [1.82, 2.24) is 9.80 Å². The molecule has 0 saturated carbocycles. The van der Waals surface area contributed by atoms with E-state index in [1.165, 1.54) is 36.1 Å². The minimum atomic E-state index is -0.442. The SMILES string of the molecule is NC(=O)C1(N2CCCCC2)CCN(CCCN2c3ccccc3C=Cc3ccc(Cl)cc32)CC1. The third-order valence-corrected chi connectivity index (χ3v) is 8.15. The number of piperidine rings is 2. The van der Waals surface area contributed by atoms with Crippen molar-refractivity contribution in [2.45, 2.75) is 44.1 Å². The minimum Gasteiger partial charge on any atom is -0.368 e. The molecule has 5 nitrogen and oxygen atoms in total. The first-order valence-electron chi connectivity index (χ1n) is 12.7. The van der Waals surface area contributed by atoms with E-state index in [2.05, 4.69) is 63.2 Å². The highest BCUT2D eigenvalue weighted by molar-refractivity contribution is 6.31. The Bertz CT molecular complexity index is 1050. The Hall–Kier alpha value is -2.34. The van der Waals surface area contributed by atoms with Crippen LogP contribution in [-0.2, 0) is 4.79 Å². The summed E-state index contributed by atoms with van der Waals surface area (Å²) in [5.41, 5.74) is 10.3. The highest BCUT2D eigenvalue weighted by atomic mass is 35.5. The monoisotopic (exact) mass is 478 g/mol. The molecule has 2 aromatic carbocycles. The summed E-state index contributed by atoms with van der Waals surface area (Å²) < 4.78 is 0. The van der Waals surface area contributed by atoms with Crippen LogP contribution in [0.25, 0.3) is 12.2 Å². The maximum Gasteiger partial charge on any atom is 0.238 e. The first kappa shape index (κ1) is 23.4. The number of anilines is 2. The fourth-order valence-electron chi connectivity index (χ4n) is 5.96. The fraction of sp³-hybridized carbons (Fsp3) is 0.464. The first-order valence-corrected chi connectivity index (χ1v) is 13.1. The van der Waals surface area contributed by atoms with Gasteiger partial charge in [-0.25, -0.2) is 0 Å². The number of benzene rings is 2. The Morgan fingerprint density at radius 2 is 1.59 bits per heavy atom. The molecule has 2 saturated heterocycles. The van der Waals surface area contributed by atoms with Crippen molar-refractivity contribution in [2.75, 3.05) is 44.2 Å². The van der Waals surface area contributed by atoms with Crippen molar-refractivity contribution in [3.05, 3.63) is 58.6 Å². The lowest BCUT2D eigenvalue weighted by molar-refractivity contribution is -0.134. The number of para-hydroxylation sites is 1. The van der Waals surface area contributed by atoms with Crippen LogP contribution in [0.1, 0.15) is 49.7 Å². The summed E-state index contributed by atoms with van der Waals surface area (Å²) in [6.07, 6.45) is 10.7. The van der Waals surface area contributed by atoms with E-state index in [9.17, 15) is 4.79 Å². The van der Waals surface area contributed by atoms with Crippen LogP contribution >= 0.6 is 11.6 Å². The van der Waals surface area contributed by atoms with E-state index >= 15 is 0 Å². The molecule has 0 aliphatic carbocycles. The van der Waals surface area contributed by atoms with Crippen molar-refractivity contribution in [1.29, 1.82) is 0 Å². The number of carbonyl (C=O) groups is 1. The molecule has 6 heteroatoms. The molecule has 0 bridgehead atoms. The van der Waals surface area contributed by atoms with Gasteiger partial charge in [-0.2, -0.15) is 0 Å². The predicted octanol–water partition coefficient (Wildman–Crippen LogP) is 5.16. The van der Waals surface area contributed by atoms with Crippen molar-refractivity contribution < 1.29 is 4.79 Å². The molecular weight excluding hydrogens is 444 g/mol. The van der Waals surface area contributed by atoms with E-state index in [1.807, 2.05) is 6.07 Å². The zero-order chi connectivity index (χ0) is 23.5. The highest BCUT2D eigenvalue weighted by Crippen LogP contribution is 2.38. The number of rotatable bonds is 6. The largest absolute Gasteiger partial charge is 0.368 e. The predicted molar refractivity (Wildman–Crippen MR) is 141 cm³/mol. The number of amides is 1. The quantitative estimate of drug-likeness (QED) is 0.623. The van der Waals surface area contributed by atoms with Gasteiger partial charge in [0.15, 0.2) is 0 Å². The smallest absolute Gasteiger partial charge is 0.238 e. The molecular formula is C28H35ClN4O. The number of hydrogen-bond acceptors (Lipinski definition) is 4. The highest BCUT2D eigenvalue weighted by Gasteiger charge is 2.44. The van der Waals surface area contributed by atoms with Crippen LogP contribution in [0.5, 0.6) is 0 Å². The van der Waals surface area contributed by atoms with Crippen molar-refractivity contribution in [2.24, 2.45) is 5.73 Å². The molecule has 3 heterocycles. The summed E-state index contributed by atoms with van der Waals surface area (Å²) in [6, 6.07) is 14.7. The zero-order valence-electron chi connectivity index (χ0n) is 19.9. The van der Waals surface area contributed by atoms with Crippen LogP contribution in [-0.4, -0.2) is 60.5 Å². The van der Waals surface area contributed by atoms with Crippen molar-refractivity contribution in [3.8, 4) is 0 Å². The van der Waals surface area contributed by atoms with Gasteiger partial charge in [-0.05, 0) is 81.1 Å². The number of carbonyl (C=O) groups excluding carboxylic acids is 1. The van der Waals surface area contributed by atoms with E-state index in [4.69, 9.17) is 17.3 Å². The van der Waals surface area contributed by atoms with Crippen LogP contribution in [0.3, 0.4) is 0 Å². The number of likely N-dealkylation sites (tertiary alicyclic amines) is 2. The topological polar surface area (TPSA) is 52.8 Å². The third kappa shape index (κ3) is 4.61. The lowest BCUT2D eigenvalue weighted by Crippen LogP contribution is -2.63. The Labute approximate surface area is 208 Å². The third-order valence-electron chi connectivity index (χ3n) is 7.91. The molecule has 180 valence electrons. The summed E-state index contributed by atoms with van der Waals surface area (Å²) in [7, 11) is 0. The maximum atomic E-state index is 12.5. The van der Waals surface area contributed by atoms with Gasteiger partial charge in [0, 0.05) is 36.0 Å². The van der Waals surface area contributed by atoms with Gasteiger partial charge in [-0.1, -0.05) is 54.4 Å². The number of nitrogens with two attached hydrogens (primary N) is 1. The summed E-state index contributed by atoms with van der Waals surface area (Å²) in [6.45, 7) is 5.80. The van der Waals surface area contributed by atoms with Crippen LogP contribution < -0.4 is 10.6 Å². The molecule has 3 aliphatic rings. The normalized spacial score (nSPS) is 20.4. The number of nitrogens with zero attached hydrogens (tertiary/aromatic N) is 3. The number of primary amides is 1. The Morgan fingerprint density at radius 1 is 0.882 bits per heavy atom. The van der Waals surface area contributed by atoms with Gasteiger partial charge in [0.05, 0.1) is 0 Å². The van der Waals surface area contributed by atoms with Crippen molar-refractivity contribution in [3.63, 3.8) is 0 Å². The fourth-order valence-corrected chi connectivity index (χ4v) is 6.12.